The smallest absolute Gasteiger partial charge is 0.223 e. The number of rotatable bonds is 4. The van der Waals surface area contributed by atoms with E-state index in [1.165, 1.54) is 38.5 Å². The Morgan fingerprint density at radius 2 is 1.88 bits per heavy atom. The molecule has 4 aliphatic carbocycles. The average molecular weight is 357 g/mol. The van der Waals surface area contributed by atoms with Crippen molar-refractivity contribution in [2.24, 2.45) is 29.1 Å². The van der Waals surface area contributed by atoms with Crippen LogP contribution in [-0.4, -0.2) is 45.3 Å². The molecule has 5 heteroatoms. The number of aryl methyl sites for hydroxylation is 1. The van der Waals surface area contributed by atoms with Gasteiger partial charge in [-0.1, -0.05) is 0 Å². The van der Waals surface area contributed by atoms with Crippen molar-refractivity contribution in [3.63, 3.8) is 0 Å². The first kappa shape index (κ1) is 16.8. The number of nitrogens with one attached hydrogen (secondary N) is 1. The number of aromatic nitrogens is 2. The summed E-state index contributed by atoms with van der Waals surface area (Å²) in [7, 11) is 0. The fourth-order valence-corrected chi connectivity index (χ4v) is 7.05. The minimum atomic E-state index is -0.424. The van der Waals surface area contributed by atoms with Crippen molar-refractivity contribution in [3.8, 4) is 0 Å². The maximum atomic E-state index is 13.1. The van der Waals surface area contributed by atoms with Crippen molar-refractivity contribution in [3.05, 3.63) is 17.5 Å². The lowest BCUT2D eigenvalue weighted by atomic mass is 9.49. The summed E-state index contributed by atoms with van der Waals surface area (Å²) in [6.07, 6.45) is 9.12. The lowest BCUT2D eigenvalue weighted by molar-refractivity contribution is -0.138. The van der Waals surface area contributed by atoms with Gasteiger partial charge in [-0.25, -0.2) is 0 Å². The number of hydrogen-bond donors (Lipinski definition) is 2. The first-order chi connectivity index (χ1) is 12.5. The molecule has 26 heavy (non-hydrogen) atoms. The highest BCUT2D eigenvalue weighted by molar-refractivity contribution is 5.77. The second-order valence-electron chi connectivity index (χ2n) is 9.97. The maximum Gasteiger partial charge on any atom is 0.223 e. The molecule has 2 heterocycles. The SMILES string of the molecule is Cc1cc(C[C@@H]2CN(C(=O)CC34CC5CC(CC(C5)C3)C4)C[C@H]2O)n[nH]1. The van der Waals surface area contributed by atoms with Crippen LogP contribution in [-0.2, 0) is 11.2 Å². The van der Waals surface area contributed by atoms with Crippen LogP contribution in [0.15, 0.2) is 6.07 Å². The fourth-order valence-electron chi connectivity index (χ4n) is 7.05. The average Bonchev–Trinajstić information content (AvgIpc) is 3.12. The number of carbonyl (C=O) groups excluding carboxylic acids is 1. The van der Waals surface area contributed by atoms with Gasteiger partial charge in [0.1, 0.15) is 0 Å². The Morgan fingerprint density at radius 1 is 1.23 bits per heavy atom. The molecule has 0 aromatic carbocycles. The van der Waals surface area contributed by atoms with Crippen LogP contribution in [0.5, 0.6) is 0 Å². The molecular weight excluding hydrogens is 326 g/mol. The number of hydrogen-bond acceptors (Lipinski definition) is 3. The first-order valence-corrected chi connectivity index (χ1v) is 10.4. The number of carbonyl (C=O) groups is 1. The third-order valence-corrected chi connectivity index (χ3v) is 7.68. The number of aliphatic hydroxyl groups excluding tert-OH is 1. The molecule has 1 amide bonds. The molecule has 4 saturated carbocycles. The molecule has 1 aromatic heterocycles. The lowest BCUT2D eigenvalue weighted by Crippen LogP contribution is -2.48. The molecule has 1 aliphatic heterocycles. The molecule has 5 fully saturated rings. The monoisotopic (exact) mass is 357 g/mol. The zero-order chi connectivity index (χ0) is 17.9. The van der Waals surface area contributed by atoms with E-state index >= 15 is 0 Å². The van der Waals surface area contributed by atoms with Crippen LogP contribution in [0.25, 0.3) is 0 Å². The van der Waals surface area contributed by atoms with Gasteiger partial charge in [-0.2, -0.15) is 5.10 Å². The molecule has 2 N–H and O–H groups in total. The van der Waals surface area contributed by atoms with Crippen molar-refractivity contribution in [1.82, 2.24) is 15.1 Å². The second-order valence-corrected chi connectivity index (χ2v) is 9.97. The molecule has 1 saturated heterocycles. The highest BCUT2D eigenvalue weighted by Gasteiger charge is 2.52. The van der Waals surface area contributed by atoms with E-state index in [0.717, 1.165) is 42.0 Å². The first-order valence-electron chi connectivity index (χ1n) is 10.4. The Morgan fingerprint density at radius 3 is 2.46 bits per heavy atom. The van der Waals surface area contributed by atoms with E-state index in [2.05, 4.69) is 10.2 Å². The summed E-state index contributed by atoms with van der Waals surface area (Å²) >= 11 is 0. The van der Waals surface area contributed by atoms with Gasteiger partial charge in [0.2, 0.25) is 5.91 Å². The van der Waals surface area contributed by atoms with Crippen LogP contribution >= 0.6 is 0 Å². The van der Waals surface area contributed by atoms with Crippen molar-refractivity contribution in [1.29, 1.82) is 0 Å². The Kier molecular flexibility index (Phi) is 3.93. The van der Waals surface area contributed by atoms with Crippen LogP contribution in [0.3, 0.4) is 0 Å². The highest BCUT2D eigenvalue weighted by atomic mass is 16.3. The van der Waals surface area contributed by atoms with Crippen LogP contribution in [0.4, 0.5) is 0 Å². The summed E-state index contributed by atoms with van der Waals surface area (Å²) in [6.45, 7) is 3.17. The van der Waals surface area contributed by atoms with Gasteiger partial charge in [0.05, 0.1) is 11.8 Å². The minimum absolute atomic E-state index is 0.109. The van der Waals surface area contributed by atoms with E-state index in [9.17, 15) is 9.90 Å². The summed E-state index contributed by atoms with van der Waals surface area (Å²) in [6, 6.07) is 2.03. The molecular formula is C21H31N3O2. The molecule has 0 radical (unpaired) electrons. The van der Waals surface area contributed by atoms with Crippen molar-refractivity contribution < 1.29 is 9.90 Å². The molecule has 142 valence electrons. The number of nitrogens with zero attached hydrogens (tertiary/aromatic N) is 2. The number of β-amino-alcohol motifs (C(OH)–C–C–N with tert-alkyl or cyclic N) is 1. The third kappa shape index (κ3) is 2.98. The minimum Gasteiger partial charge on any atom is -0.391 e. The Hall–Kier alpha value is -1.36. The van der Waals surface area contributed by atoms with Gasteiger partial charge in [0, 0.05) is 31.1 Å². The normalized spacial score (nSPS) is 41.2. The number of likely N-dealkylation sites (tertiary alicyclic amines) is 1. The predicted octanol–water partition coefficient (Wildman–Crippen LogP) is 2.69. The topological polar surface area (TPSA) is 69.2 Å². The van der Waals surface area contributed by atoms with E-state index in [1.54, 1.807) is 0 Å². The van der Waals surface area contributed by atoms with E-state index in [4.69, 9.17) is 0 Å². The quantitative estimate of drug-likeness (QED) is 0.870. The van der Waals surface area contributed by atoms with Crippen LogP contribution in [0.2, 0.25) is 0 Å². The highest BCUT2D eigenvalue weighted by Crippen LogP contribution is 2.61. The molecule has 6 rings (SSSR count). The summed E-state index contributed by atoms with van der Waals surface area (Å²) in [4.78, 5) is 15.0. The molecule has 5 nitrogen and oxygen atoms in total. The van der Waals surface area contributed by atoms with Gasteiger partial charge >= 0.3 is 0 Å². The Labute approximate surface area is 155 Å². The van der Waals surface area contributed by atoms with Crippen LogP contribution in [0, 0.1) is 36.0 Å². The number of aliphatic hydroxyl groups is 1. The standard InChI is InChI=1S/C21H31N3O2/c1-13-2-18(23-22-13)6-17-11-24(12-19(17)25)20(26)10-21-7-14-3-15(8-21)5-16(4-14)9-21/h2,14-17,19,25H,3-12H2,1H3,(H,22,23)/t14?,15?,16?,17-,19-,21?/m1/s1. The molecule has 4 bridgehead atoms. The van der Waals surface area contributed by atoms with Crippen LogP contribution < -0.4 is 0 Å². The molecule has 2 atom stereocenters. The summed E-state index contributed by atoms with van der Waals surface area (Å²) < 4.78 is 0. The Bertz CT molecular complexity index is 662. The zero-order valence-electron chi connectivity index (χ0n) is 15.8. The third-order valence-electron chi connectivity index (χ3n) is 7.68. The van der Waals surface area contributed by atoms with Gasteiger partial charge < -0.3 is 10.0 Å². The van der Waals surface area contributed by atoms with E-state index in [-0.39, 0.29) is 17.2 Å². The van der Waals surface area contributed by atoms with Gasteiger partial charge in [-0.3, -0.25) is 9.89 Å². The number of amides is 1. The van der Waals surface area contributed by atoms with Crippen LogP contribution in [0.1, 0.15) is 56.3 Å². The Balaban J connectivity index is 1.22. The summed E-state index contributed by atoms with van der Waals surface area (Å²) in [5, 5.41) is 17.7. The molecule has 1 aromatic rings. The summed E-state index contributed by atoms with van der Waals surface area (Å²) in [5.41, 5.74) is 2.32. The predicted molar refractivity (Wildman–Crippen MR) is 98.3 cm³/mol. The van der Waals surface area contributed by atoms with Gasteiger partial charge in [0.25, 0.3) is 0 Å². The number of H-pyrrole nitrogens is 1. The lowest BCUT2D eigenvalue weighted by Gasteiger charge is -2.56. The second kappa shape index (κ2) is 6.08. The molecule has 0 spiro atoms. The van der Waals surface area contributed by atoms with Crippen molar-refractivity contribution in [2.75, 3.05) is 13.1 Å². The number of aromatic amines is 1. The fraction of sp³-hybridized carbons (Fsp3) is 0.810. The molecule has 0 unspecified atom stereocenters. The van der Waals surface area contributed by atoms with Gasteiger partial charge in [0.15, 0.2) is 0 Å². The van der Waals surface area contributed by atoms with Gasteiger partial charge in [-0.05, 0) is 81.1 Å². The molecule has 5 aliphatic rings. The van der Waals surface area contributed by atoms with E-state index < -0.39 is 6.10 Å². The van der Waals surface area contributed by atoms with E-state index in [1.807, 2.05) is 17.9 Å². The summed E-state index contributed by atoms with van der Waals surface area (Å²) in [5.74, 6) is 3.04. The maximum absolute atomic E-state index is 13.1. The van der Waals surface area contributed by atoms with Crippen molar-refractivity contribution >= 4 is 5.91 Å². The largest absolute Gasteiger partial charge is 0.391 e. The van der Waals surface area contributed by atoms with Gasteiger partial charge in [-0.15, -0.1) is 0 Å². The van der Waals surface area contributed by atoms with Crippen molar-refractivity contribution in [2.45, 2.75) is 64.4 Å². The zero-order valence-corrected chi connectivity index (χ0v) is 15.8. The van der Waals surface area contributed by atoms with E-state index in [0.29, 0.717) is 13.1 Å².